The van der Waals surface area contributed by atoms with Crippen molar-refractivity contribution in [3.63, 3.8) is 0 Å². The van der Waals surface area contributed by atoms with Crippen LogP contribution in [0.25, 0.3) is 0 Å². The first-order chi connectivity index (χ1) is 8.71. The predicted octanol–water partition coefficient (Wildman–Crippen LogP) is 3.27. The fraction of sp³-hybridized carbons (Fsp3) is 0.500. The highest BCUT2D eigenvalue weighted by Crippen LogP contribution is 2.15. The van der Waals surface area contributed by atoms with Crippen LogP contribution in [0.5, 0.6) is 0 Å². The third-order valence-electron chi connectivity index (χ3n) is 2.87. The van der Waals surface area contributed by atoms with Gasteiger partial charge >= 0.3 is 0 Å². The zero-order valence-electron chi connectivity index (χ0n) is 10.9. The zero-order chi connectivity index (χ0) is 13.4. The summed E-state index contributed by atoms with van der Waals surface area (Å²) in [7, 11) is 0. The van der Waals surface area contributed by atoms with Crippen LogP contribution in [0.3, 0.4) is 0 Å². The minimum Gasteiger partial charge on any atom is -0.303 e. The van der Waals surface area contributed by atoms with Gasteiger partial charge in [-0.2, -0.15) is 17.0 Å². The normalized spacial score (nSPS) is 10.6. The number of thioether (sulfide) groups is 1. The second kappa shape index (κ2) is 8.12. The second-order valence-electron chi connectivity index (χ2n) is 4.01. The Labute approximate surface area is 113 Å². The fourth-order valence-electron chi connectivity index (χ4n) is 1.67. The molecule has 2 nitrogen and oxygen atoms in total. The van der Waals surface area contributed by atoms with Crippen LogP contribution in [0, 0.1) is 17.1 Å². The van der Waals surface area contributed by atoms with Crippen LogP contribution < -0.4 is 0 Å². The Bertz CT molecular complexity index is 411. The standard InChI is InChI=1S/C14H19FN2S/c1-3-17(4-2)7-8-18-11-12-5-6-14(15)13(9-12)10-16/h5-6,9H,3-4,7-8,11H2,1-2H3. The summed E-state index contributed by atoms with van der Waals surface area (Å²) in [5.41, 5.74) is 1.15. The average molecular weight is 266 g/mol. The van der Waals surface area contributed by atoms with Crippen LogP contribution in [0.4, 0.5) is 4.39 Å². The van der Waals surface area contributed by atoms with E-state index >= 15 is 0 Å². The number of halogens is 1. The average Bonchev–Trinajstić information content (AvgIpc) is 2.40. The molecule has 4 heteroatoms. The van der Waals surface area contributed by atoms with Crippen molar-refractivity contribution < 1.29 is 4.39 Å². The van der Waals surface area contributed by atoms with Gasteiger partial charge in [0.1, 0.15) is 11.9 Å². The highest BCUT2D eigenvalue weighted by Gasteiger charge is 2.03. The molecule has 1 aromatic rings. The number of hydrogen-bond donors (Lipinski definition) is 0. The highest BCUT2D eigenvalue weighted by atomic mass is 32.2. The Balaban J connectivity index is 2.38. The molecular weight excluding hydrogens is 247 g/mol. The van der Waals surface area contributed by atoms with Gasteiger partial charge in [-0.25, -0.2) is 4.39 Å². The molecule has 0 radical (unpaired) electrons. The Hall–Kier alpha value is -1.05. The monoisotopic (exact) mass is 266 g/mol. The van der Waals surface area contributed by atoms with Gasteiger partial charge in [0.05, 0.1) is 5.56 Å². The summed E-state index contributed by atoms with van der Waals surface area (Å²) in [4.78, 5) is 2.37. The molecule has 0 aromatic heterocycles. The van der Waals surface area contributed by atoms with Crippen molar-refractivity contribution in [3.05, 3.63) is 35.1 Å². The van der Waals surface area contributed by atoms with Gasteiger partial charge in [-0.1, -0.05) is 19.9 Å². The van der Waals surface area contributed by atoms with Gasteiger partial charge in [0.2, 0.25) is 0 Å². The molecule has 0 unspecified atom stereocenters. The molecule has 0 aliphatic heterocycles. The smallest absolute Gasteiger partial charge is 0.140 e. The summed E-state index contributed by atoms with van der Waals surface area (Å²) in [6.07, 6.45) is 0. The molecule has 0 amide bonds. The summed E-state index contributed by atoms with van der Waals surface area (Å²) >= 11 is 1.82. The molecule has 0 saturated carbocycles. The van der Waals surface area contributed by atoms with Gasteiger partial charge in [-0.3, -0.25) is 0 Å². The van der Waals surface area contributed by atoms with E-state index in [0.717, 1.165) is 36.7 Å². The summed E-state index contributed by atoms with van der Waals surface area (Å²) < 4.78 is 13.1. The van der Waals surface area contributed by atoms with E-state index in [4.69, 9.17) is 5.26 Å². The van der Waals surface area contributed by atoms with Crippen molar-refractivity contribution in [2.75, 3.05) is 25.4 Å². The van der Waals surface area contributed by atoms with Crippen LogP contribution in [0.2, 0.25) is 0 Å². The Kier molecular flexibility index (Phi) is 6.77. The van der Waals surface area contributed by atoms with Crippen molar-refractivity contribution >= 4 is 11.8 Å². The van der Waals surface area contributed by atoms with Crippen LogP contribution in [0.15, 0.2) is 18.2 Å². The van der Waals surface area contributed by atoms with E-state index in [9.17, 15) is 4.39 Å². The summed E-state index contributed by atoms with van der Waals surface area (Å²) in [5.74, 6) is 1.45. The van der Waals surface area contributed by atoms with E-state index in [1.165, 1.54) is 6.07 Å². The quantitative estimate of drug-likeness (QED) is 0.709. The molecule has 0 saturated heterocycles. The maximum absolute atomic E-state index is 13.1. The minimum absolute atomic E-state index is 0.136. The maximum atomic E-state index is 13.1. The van der Waals surface area contributed by atoms with Crippen LogP contribution in [-0.2, 0) is 5.75 Å². The van der Waals surface area contributed by atoms with Crippen molar-refractivity contribution in [3.8, 4) is 6.07 Å². The van der Waals surface area contributed by atoms with Gasteiger partial charge in [0.15, 0.2) is 0 Å². The topological polar surface area (TPSA) is 27.0 Å². The summed E-state index contributed by atoms with van der Waals surface area (Å²) in [5, 5.41) is 8.75. The molecule has 98 valence electrons. The predicted molar refractivity (Wildman–Crippen MR) is 75.1 cm³/mol. The van der Waals surface area contributed by atoms with Crippen LogP contribution in [-0.4, -0.2) is 30.3 Å². The number of hydrogen-bond acceptors (Lipinski definition) is 3. The lowest BCUT2D eigenvalue weighted by atomic mass is 10.1. The molecule has 18 heavy (non-hydrogen) atoms. The maximum Gasteiger partial charge on any atom is 0.140 e. The van der Waals surface area contributed by atoms with E-state index in [2.05, 4.69) is 18.7 Å². The molecule has 1 rings (SSSR count). The van der Waals surface area contributed by atoms with Gasteiger partial charge in [0.25, 0.3) is 0 Å². The third-order valence-corrected chi connectivity index (χ3v) is 3.87. The lowest BCUT2D eigenvalue weighted by molar-refractivity contribution is 0.324. The van der Waals surface area contributed by atoms with Crippen LogP contribution >= 0.6 is 11.8 Å². The minimum atomic E-state index is -0.436. The van der Waals surface area contributed by atoms with Gasteiger partial charge in [-0.15, -0.1) is 0 Å². The fourth-order valence-corrected chi connectivity index (χ4v) is 2.62. The lowest BCUT2D eigenvalue weighted by Crippen LogP contribution is -2.25. The first kappa shape index (κ1) is 15.0. The molecule has 1 aromatic carbocycles. The van der Waals surface area contributed by atoms with Crippen molar-refractivity contribution in [1.82, 2.24) is 4.90 Å². The number of nitriles is 1. The summed E-state index contributed by atoms with van der Waals surface area (Å²) in [6.45, 7) is 7.54. The zero-order valence-corrected chi connectivity index (χ0v) is 11.8. The lowest BCUT2D eigenvalue weighted by Gasteiger charge is -2.17. The largest absolute Gasteiger partial charge is 0.303 e. The number of nitrogens with zero attached hydrogens (tertiary/aromatic N) is 2. The molecule has 0 aliphatic carbocycles. The Morgan fingerprint density at radius 3 is 2.67 bits per heavy atom. The molecule has 0 heterocycles. The van der Waals surface area contributed by atoms with E-state index in [1.807, 2.05) is 17.8 Å². The summed E-state index contributed by atoms with van der Waals surface area (Å²) in [6, 6.07) is 6.63. The van der Waals surface area contributed by atoms with Crippen molar-refractivity contribution in [1.29, 1.82) is 5.26 Å². The Morgan fingerprint density at radius 2 is 2.06 bits per heavy atom. The Morgan fingerprint density at radius 1 is 1.33 bits per heavy atom. The molecule has 0 atom stereocenters. The number of rotatable bonds is 7. The third kappa shape index (κ3) is 4.67. The molecular formula is C14H19FN2S. The first-order valence-corrected chi connectivity index (χ1v) is 7.35. The highest BCUT2D eigenvalue weighted by molar-refractivity contribution is 7.98. The van der Waals surface area contributed by atoms with Crippen LogP contribution in [0.1, 0.15) is 25.0 Å². The first-order valence-electron chi connectivity index (χ1n) is 6.19. The van der Waals surface area contributed by atoms with Gasteiger partial charge in [0, 0.05) is 18.1 Å². The van der Waals surface area contributed by atoms with Gasteiger partial charge in [-0.05, 0) is 30.8 Å². The van der Waals surface area contributed by atoms with Gasteiger partial charge < -0.3 is 4.90 Å². The van der Waals surface area contributed by atoms with E-state index in [-0.39, 0.29) is 5.56 Å². The molecule has 0 aliphatic rings. The molecule has 0 bridgehead atoms. The molecule has 0 fully saturated rings. The van der Waals surface area contributed by atoms with E-state index < -0.39 is 5.82 Å². The van der Waals surface area contributed by atoms with Crippen molar-refractivity contribution in [2.45, 2.75) is 19.6 Å². The molecule has 0 spiro atoms. The van der Waals surface area contributed by atoms with E-state index in [1.54, 1.807) is 12.1 Å². The van der Waals surface area contributed by atoms with E-state index in [0.29, 0.717) is 0 Å². The number of benzene rings is 1. The van der Waals surface area contributed by atoms with Crippen molar-refractivity contribution in [2.24, 2.45) is 0 Å². The second-order valence-corrected chi connectivity index (χ2v) is 5.11. The SMILES string of the molecule is CCN(CC)CCSCc1ccc(F)c(C#N)c1. The molecule has 0 N–H and O–H groups in total.